The Balaban J connectivity index is 1.86. The molecule has 158 valence electrons. The van der Waals surface area contributed by atoms with Crippen LogP contribution < -0.4 is 4.80 Å². The monoisotopic (exact) mass is 475 g/mol. The molecule has 0 fully saturated rings. The predicted octanol–water partition coefficient (Wildman–Crippen LogP) is 4.78. The number of thiazole rings is 1. The van der Waals surface area contributed by atoms with Gasteiger partial charge in [0, 0.05) is 22.2 Å². The van der Waals surface area contributed by atoms with E-state index >= 15 is 0 Å². The zero-order valence-corrected chi connectivity index (χ0v) is 18.4. The summed E-state index contributed by atoms with van der Waals surface area (Å²) >= 11 is 8.70. The number of amides is 1. The first-order chi connectivity index (χ1) is 14.9. The first-order valence-electron chi connectivity index (χ1n) is 9.08. The Morgan fingerprint density at radius 1 is 1.19 bits per heavy atom. The molecule has 8 nitrogen and oxygen atoms in total. The number of carbonyl (C=O) groups excluding carboxylic acids is 2. The molecule has 31 heavy (non-hydrogen) atoms. The van der Waals surface area contributed by atoms with Gasteiger partial charge in [0.2, 0.25) is 0 Å². The highest BCUT2D eigenvalue weighted by Gasteiger charge is 2.19. The summed E-state index contributed by atoms with van der Waals surface area (Å²) in [4.78, 5) is 40.4. The number of hydrogen-bond acceptors (Lipinski definition) is 7. The molecule has 0 saturated heterocycles. The van der Waals surface area contributed by atoms with Crippen molar-refractivity contribution in [1.29, 1.82) is 0 Å². The SMILES string of the molecule is CCOC(=O)Cn1c(=NC(=O)c2sc3ccccc3c2Cl)sc2cc([N+](=O)[O-])ccc21. The molecule has 4 rings (SSSR count). The topological polar surface area (TPSA) is 104 Å². The fourth-order valence-electron chi connectivity index (χ4n) is 3.04. The summed E-state index contributed by atoms with van der Waals surface area (Å²) in [7, 11) is 0. The van der Waals surface area contributed by atoms with E-state index < -0.39 is 16.8 Å². The summed E-state index contributed by atoms with van der Waals surface area (Å²) in [6.45, 7) is 1.71. The van der Waals surface area contributed by atoms with Gasteiger partial charge in [-0.15, -0.1) is 11.3 Å². The number of fused-ring (bicyclic) bond motifs is 2. The van der Waals surface area contributed by atoms with Crippen LogP contribution in [0.4, 0.5) is 5.69 Å². The largest absolute Gasteiger partial charge is 0.465 e. The number of esters is 1. The summed E-state index contributed by atoms with van der Waals surface area (Å²) in [5, 5.41) is 12.2. The van der Waals surface area contributed by atoms with Crippen molar-refractivity contribution in [3.8, 4) is 0 Å². The number of nitro benzene ring substituents is 1. The highest BCUT2D eigenvalue weighted by molar-refractivity contribution is 7.21. The summed E-state index contributed by atoms with van der Waals surface area (Å²) in [6.07, 6.45) is 0. The molecule has 4 aromatic rings. The standard InChI is InChI=1S/C20H14ClN3O5S2/c1-2-29-16(25)10-23-13-8-7-11(24(27)28)9-15(13)31-20(23)22-19(26)18-17(21)12-5-3-4-6-14(12)30-18/h3-9H,2,10H2,1H3. The van der Waals surface area contributed by atoms with Crippen LogP contribution in [0.1, 0.15) is 16.6 Å². The van der Waals surface area contributed by atoms with E-state index in [-0.39, 0.29) is 28.5 Å². The van der Waals surface area contributed by atoms with E-state index in [9.17, 15) is 19.7 Å². The number of nitro groups is 1. The summed E-state index contributed by atoms with van der Waals surface area (Å²) in [6, 6.07) is 11.6. The van der Waals surface area contributed by atoms with Crippen LogP contribution in [-0.4, -0.2) is 28.0 Å². The smallest absolute Gasteiger partial charge is 0.326 e. The molecule has 0 N–H and O–H groups in total. The van der Waals surface area contributed by atoms with E-state index in [0.717, 1.165) is 21.4 Å². The van der Waals surface area contributed by atoms with Gasteiger partial charge in [-0.2, -0.15) is 4.99 Å². The van der Waals surface area contributed by atoms with Gasteiger partial charge in [-0.3, -0.25) is 19.7 Å². The van der Waals surface area contributed by atoms with Crippen LogP contribution in [0.15, 0.2) is 47.5 Å². The van der Waals surface area contributed by atoms with Gasteiger partial charge in [0.25, 0.3) is 11.6 Å². The number of benzene rings is 2. The number of nitrogens with zero attached hydrogens (tertiary/aromatic N) is 3. The highest BCUT2D eigenvalue weighted by Crippen LogP contribution is 2.35. The second-order valence-electron chi connectivity index (χ2n) is 6.34. The van der Waals surface area contributed by atoms with Crippen molar-refractivity contribution in [2.75, 3.05) is 6.61 Å². The van der Waals surface area contributed by atoms with Crippen molar-refractivity contribution >= 4 is 72.1 Å². The van der Waals surface area contributed by atoms with Gasteiger partial charge >= 0.3 is 5.97 Å². The minimum absolute atomic E-state index is 0.0949. The molecule has 0 aliphatic heterocycles. The zero-order chi connectivity index (χ0) is 22.1. The molecule has 0 radical (unpaired) electrons. The average Bonchev–Trinajstić information content (AvgIpc) is 3.25. The minimum atomic E-state index is -0.551. The van der Waals surface area contributed by atoms with Crippen molar-refractivity contribution in [3.63, 3.8) is 0 Å². The molecule has 0 atom stereocenters. The molecular weight excluding hydrogens is 462 g/mol. The Labute approximate surface area is 188 Å². The maximum atomic E-state index is 12.9. The van der Waals surface area contributed by atoms with E-state index in [1.165, 1.54) is 34.1 Å². The van der Waals surface area contributed by atoms with Gasteiger partial charge in [-0.1, -0.05) is 41.1 Å². The molecule has 11 heteroatoms. The van der Waals surface area contributed by atoms with E-state index in [0.29, 0.717) is 15.2 Å². The van der Waals surface area contributed by atoms with Gasteiger partial charge in [0.1, 0.15) is 11.4 Å². The van der Waals surface area contributed by atoms with Crippen LogP contribution in [0.2, 0.25) is 5.02 Å². The third-order valence-electron chi connectivity index (χ3n) is 4.40. The molecule has 1 amide bonds. The molecule has 0 spiro atoms. The highest BCUT2D eigenvalue weighted by atomic mass is 35.5. The van der Waals surface area contributed by atoms with Crippen molar-refractivity contribution in [3.05, 3.63) is 67.3 Å². The third kappa shape index (κ3) is 4.09. The molecule has 0 saturated carbocycles. The fourth-order valence-corrected chi connectivity index (χ4v) is 5.50. The van der Waals surface area contributed by atoms with Gasteiger partial charge in [-0.05, 0) is 19.1 Å². The molecule has 0 unspecified atom stereocenters. The summed E-state index contributed by atoms with van der Waals surface area (Å²) in [5.41, 5.74) is 0.445. The van der Waals surface area contributed by atoms with Crippen LogP contribution in [0, 0.1) is 10.1 Å². The number of rotatable bonds is 5. The lowest BCUT2D eigenvalue weighted by Gasteiger charge is -2.05. The van der Waals surface area contributed by atoms with Crippen LogP contribution in [0.25, 0.3) is 20.3 Å². The van der Waals surface area contributed by atoms with E-state index in [1.807, 2.05) is 24.3 Å². The number of ether oxygens (including phenoxy) is 1. The van der Waals surface area contributed by atoms with Crippen molar-refractivity contribution in [2.45, 2.75) is 13.5 Å². The number of hydrogen-bond donors (Lipinski definition) is 0. The number of non-ortho nitro benzene ring substituents is 1. The molecule has 0 bridgehead atoms. The molecular formula is C20H14ClN3O5S2. The minimum Gasteiger partial charge on any atom is -0.465 e. The first-order valence-corrected chi connectivity index (χ1v) is 11.1. The van der Waals surface area contributed by atoms with Crippen molar-refractivity contribution in [2.24, 2.45) is 4.99 Å². The van der Waals surface area contributed by atoms with E-state index in [4.69, 9.17) is 16.3 Å². The van der Waals surface area contributed by atoms with Gasteiger partial charge in [0.15, 0.2) is 4.80 Å². The van der Waals surface area contributed by atoms with Crippen molar-refractivity contribution < 1.29 is 19.2 Å². The maximum absolute atomic E-state index is 12.9. The quantitative estimate of drug-likeness (QED) is 0.234. The third-order valence-corrected chi connectivity index (χ3v) is 7.10. The number of carbonyl (C=O) groups is 2. The summed E-state index contributed by atoms with van der Waals surface area (Å²) in [5.74, 6) is -1.06. The van der Waals surface area contributed by atoms with Crippen LogP contribution in [-0.2, 0) is 16.1 Å². The zero-order valence-electron chi connectivity index (χ0n) is 16.0. The Morgan fingerprint density at radius 3 is 2.68 bits per heavy atom. The summed E-state index contributed by atoms with van der Waals surface area (Å²) < 4.78 is 7.91. The Morgan fingerprint density at radius 2 is 1.97 bits per heavy atom. The Hall–Kier alpha value is -3.08. The lowest BCUT2D eigenvalue weighted by molar-refractivity contribution is -0.384. The Kier molecular flexibility index (Phi) is 5.86. The molecule has 2 aromatic carbocycles. The predicted molar refractivity (Wildman–Crippen MR) is 120 cm³/mol. The number of thiophene rings is 1. The normalized spacial score (nSPS) is 11.9. The Bertz CT molecular complexity index is 1420. The average molecular weight is 476 g/mol. The number of aromatic nitrogens is 1. The maximum Gasteiger partial charge on any atom is 0.326 e. The molecule has 2 heterocycles. The second kappa shape index (κ2) is 8.58. The first kappa shape index (κ1) is 21.2. The molecule has 0 aliphatic carbocycles. The van der Waals surface area contributed by atoms with Crippen LogP contribution in [0.3, 0.4) is 0 Å². The van der Waals surface area contributed by atoms with Crippen LogP contribution >= 0.6 is 34.3 Å². The van der Waals surface area contributed by atoms with E-state index in [1.54, 1.807) is 6.92 Å². The van der Waals surface area contributed by atoms with E-state index in [2.05, 4.69) is 4.99 Å². The van der Waals surface area contributed by atoms with Gasteiger partial charge < -0.3 is 9.30 Å². The molecule has 2 aromatic heterocycles. The van der Waals surface area contributed by atoms with Crippen molar-refractivity contribution in [1.82, 2.24) is 4.57 Å². The van der Waals surface area contributed by atoms with Gasteiger partial charge in [-0.25, -0.2) is 0 Å². The lowest BCUT2D eigenvalue weighted by atomic mass is 10.2. The fraction of sp³-hybridized carbons (Fsp3) is 0.150. The van der Waals surface area contributed by atoms with Crippen LogP contribution in [0.5, 0.6) is 0 Å². The molecule has 0 aliphatic rings. The number of halogens is 1. The lowest BCUT2D eigenvalue weighted by Crippen LogP contribution is -2.23. The van der Waals surface area contributed by atoms with Gasteiger partial charge in [0.05, 0.1) is 26.8 Å². The second-order valence-corrected chi connectivity index (χ2v) is 8.78.